The summed E-state index contributed by atoms with van der Waals surface area (Å²) >= 11 is 0. The molecule has 1 heterocycles. The van der Waals surface area contributed by atoms with Gasteiger partial charge in [-0.05, 0) is 12.1 Å². The minimum atomic E-state index is -3.55. The molecule has 1 aliphatic rings. The van der Waals surface area contributed by atoms with Crippen molar-refractivity contribution in [3.8, 4) is 0 Å². The molecule has 14 heavy (non-hydrogen) atoms. The van der Waals surface area contributed by atoms with Crippen LogP contribution < -0.4 is 4.72 Å². The first-order valence-electron chi connectivity index (χ1n) is 3.27. The normalized spacial score (nSPS) is 15.9. The third-order valence-electron chi connectivity index (χ3n) is 1.65. The van der Waals surface area contributed by atoms with Crippen LogP contribution in [-0.4, -0.2) is 14.3 Å². The van der Waals surface area contributed by atoms with E-state index in [0.717, 1.165) is 0 Å². The fourth-order valence-electron chi connectivity index (χ4n) is 1.12. The van der Waals surface area contributed by atoms with Crippen LogP contribution in [-0.2, 0) is 44.2 Å². The second-order valence-electron chi connectivity index (χ2n) is 2.43. The van der Waals surface area contributed by atoms with Crippen molar-refractivity contribution in [2.45, 2.75) is 4.90 Å². The van der Waals surface area contributed by atoms with Crippen molar-refractivity contribution in [2.75, 3.05) is 0 Å². The number of hydrogen-bond donors (Lipinski definition) is 1. The first-order chi connectivity index (χ1) is 5.61. The summed E-state index contributed by atoms with van der Waals surface area (Å²) in [6.45, 7) is 0. The van der Waals surface area contributed by atoms with Crippen LogP contribution in [0.15, 0.2) is 29.2 Å². The van der Waals surface area contributed by atoms with Crippen LogP contribution in [0.25, 0.3) is 0 Å². The molecule has 0 aromatic heterocycles. The van der Waals surface area contributed by atoms with Crippen molar-refractivity contribution >= 4 is 15.9 Å². The standard InChI is InChI=1S/C7H5NO3S.2Fe/c9-7-5-3-1-2-4-6(5)12(10,11)8-7;;/h1-4H,(H,8,9);;. The molecule has 0 aliphatic carbocycles. The molecule has 0 radical (unpaired) electrons. The van der Waals surface area contributed by atoms with E-state index in [2.05, 4.69) is 0 Å². The SMILES string of the molecule is O=C1NS(=O)(=O)c2ccccc21.[Fe].[Fe]. The molecule has 0 fully saturated rings. The van der Waals surface area contributed by atoms with Crippen molar-refractivity contribution in [1.29, 1.82) is 0 Å². The van der Waals surface area contributed by atoms with E-state index in [1.165, 1.54) is 12.1 Å². The van der Waals surface area contributed by atoms with Gasteiger partial charge in [0.2, 0.25) is 0 Å². The van der Waals surface area contributed by atoms with Crippen molar-refractivity contribution < 1.29 is 47.3 Å². The summed E-state index contributed by atoms with van der Waals surface area (Å²) in [6.07, 6.45) is 0. The second kappa shape index (κ2) is 4.47. The molecule has 2 rings (SSSR count). The van der Waals surface area contributed by atoms with Crippen LogP contribution in [0.5, 0.6) is 0 Å². The van der Waals surface area contributed by atoms with Gasteiger partial charge in [-0.25, -0.2) is 13.1 Å². The summed E-state index contributed by atoms with van der Waals surface area (Å²) in [7, 11) is -3.55. The first-order valence-corrected chi connectivity index (χ1v) is 4.76. The van der Waals surface area contributed by atoms with Crippen LogP contribution in [0.1, 0.15) is 10.4 Å². The van der Waals surface area contributed by atoms with Gasteiger partial charge in [0, 0.05) is 34.1 Å². The predicted molar refractivity (Wildman–Crippen MR) is 41.1 cm³/mol. The predicted octanol–water partition coefficient (Wildman–Crippen LogP) is 0.114. The zero-order valence-corrected chi connectivity index (χ0v) is 9.67. The monoisotopic (exact) mass is 295 g/mol. The number of carbonyl (C=O) groups excluding carboxylic acids is 1. The molecule has 0 saturated carbocycles. The number of hydrogen-bond acceptors (Lipinski definition) is 3. The van der Waals surface area contributed by atoms with Gasteiger partial charge in [-0.2, -0.15) is 0 Å². The maximum atomic E-state index is 11.1. The van der Waals surface area contributed by atoms with E-state index in [1.807, 2.05) is 4.72 Å². The topological polar surface area (TPSA) is 63.2 Å². The Bertz CT molecular complexity index is 458. The Morgan fingerprint density at radius 2 is 1.64 bits per heavy atom. The number of sulfonamides is 1. The average molecular weight is 295 g/mol. The molecular weight excluding hydrogens is 290 g/mol. The summed E-state index contributed by atoms with van der Waals surface area (Å²) in [5, 5.41) is 0. The molecule has 0 atom stereocenters. The molecule has 0 bridgehead atoms. The molecule has 1 aromatic rings. The van der Waals surface area contributed by atoms with E-state index in [4.69, 9.17) is 0 Å². The molecule has 1 N–H and O–H groups in total. The zero-order valence-electron chi connectivity index (χ0n) is 6.65. The molecule has 78 valence electrons. The zero-order chi connectivity index (χ0) is 8.77. The van der Waals surface area contributed by atoms with Gasteiger partial charge in [0.15, 0.2) is 0 Å². The van der Waals surface area contributed by atoms with Crippen molar-refractivity contribution in [3.05, 3.63) is 29.8 Å². The Balaban J connectivity index is 0.000000845. The van der Waals surface area contributed by atoms with Gasteiger partial charge in [0.25, 0.3) is 15.9 Å². The maximum Gasteiger partial charge on any atom is 0.266 e. The van der Waals surface area contributed by atoms with E-state index in [0.29, 0.717) is 0 Å². The van der Waals surface area contributed by atoms with Crippen LogP contribution >= 0.6 is 0 Å². The van der Waals surface area contributed by atoms with Crippen molar-refractivity contribution in [3.63, 3.8) is 0 Å². The van der Waals surface area contributed by atoms with E-state index >= 15 is 0 Å². The van der Waals surface area contributed by atoms with Crippen molar-refractivity contribution in [1.82, 2.24) is 4.72 Å². The number of amides is 1. The van der Waals surface area contributed by atoms with Crippen LogP contribution in [0.2, 0.25) is 0 Å². The number of fused-ring (bicyclic) bond motifs is 1. The second-order valence-corrected chi connectivity index (χ2v) is 4.08. The summed E-state index contributed by atoms with van der Waals surface area (Å²) < 4.78 is 24.2. The Hall–Kier alpha value is -0.321. The first kappa shape index (κ1) is 13.7. The van der Waals surface area contributed by atoms with Crippen LogP contribution in [0.3, 0.4) is 0 Å². The Morgan fingerprint density at radius 3 is 2.21 bits per heavy atom. The molecule has 0 unspecified atom stereocenters. The minimum Gasteiger partial charge on any atom is -0.268 e. The molecule has 4 nitrogen and oxygen atoms in total. The summed E-state index contributed by atoms with van der Waals surface area (Å²) in [6, 6.07) is 6.09. The van der Waals surface area contributed by atoms with Gasteiger partial charge < -0.3 is 0 Å². The molecule has 1 aromatic carbocycles. The van der Waals surface area contributed by atoms with Gasteiger partial charge in [-0.3, -0.25) is 4.79 Å². The fourth-order valence-corrected chi connectivity index (χ4v) is 2.29. The summed E-state index contributed by atoms with van der Waals surface area (Å²) in [5.41, 5.74) is 0.220. The molecule has 1 amide bonds. The Labute approximate surface area is 102 Å². The van der Waals surface area contributed by atoms with E-state index in [1.54, 1.807) is 12.1 Å². The van der Waals surface area contributed by atoms with Gasteiger partial charge in [-0.1, -0.05) is 12.1 Å². The van der Waals surface area contributed by atoms with Crippen LogP contribution in [0.4, 0.5) is 0 Å². The average Bonchev–Trinajstić information content (AvgIpc) is 2.25. The Kier molecular flexibility index (Phi) is 4.36. The van der Waals surface area contributed by atoms with Gasteiger partial charge in [0.1, 0.15) is 4.90 Å². The summed E-state index contributed by atoms with van der Waals surface area (Å²) in [5.74, 6) is -0.550. The smallest absolute Gasteiger partial charge is 0.266 e. The van der Waals surface area contributed by atoms with Crippen molar-refractivity contribution in [2.24, 2.45) is 0 Å². The molecule has 7 heteroatoms. The van der Waals surface area contributed by atoms with E-state index < -0.39 is 15.9 Å². The Morgan fingerprint density at radius 1 is 1.07 bits per heavy atom. The third kappa shape index (κ3) is 2.02. The van der Waals surface area contributed by atoms with Gasteiger partial charge in [-0.15, -0.1) is 0 Å². The number of nitrogens with one attached hydrogen (secondary N) is 1. The third-order valence-corrected chi connectivity index (χ3v) is 3.04. The number of carbonyl (C=O) groups is 1. The van der Waals surface area contributed by atoms with E-state index in [9.17, 15) is 13.2 Å². The number of benzene rings is 1. The van der Waals surface area contributed by atoms with Gasteiger partial charge >= 0.3 is 0 Å². The molecule has 1 aliphatic heterocycles. The quantitative estimate of drug-likeness (QED) is 0.691. The van der Waals surface area contributed by atoms with Crippen LogP contribution in [0, 0.1) is 0 Å². The summed E-state index contributed by atoms with van der Waals surface area (Å²) in [4.78, 5) is 11.1. The molecule has 0 spiro atoms. The molecule has 0 saturated heterocycles. The van der Waals surface area contributed by atoms with Gasteiger partial charge in [0.05, 0.1) is 5.56 Å². The fraction of sp³-hybridized carbons (Fsp3) is 0. The number of rotatable bonds is 0. The van der Waals surface area contributed by atoms with E-state index in [-0.39, 0.29) is 44.6 Å². The molecular formula is C7H5Fe2NO3S. The maximum absolute atomic E-state index is 11.1. The minimum absolute atomic E-state index is 0. The largest absolute Gasteiger partial charge is 0.268 e.